The summed E-state index contributed by atoms with van der Waals surface area (Å²) in [6.45, 7) is 7.74. The summed E-state index contributed by atoms with van der Waals surface area (Å²) in [7, 11) is -4.15. The van der Waals surface area contributed by atoms with Gasteiger partial charge in [0, 0.05) is 19.0 Å². The maximum absolute atomic E-state index is 14.8. The maximum Gasteiger partial charge on any atom is 0.264 e. The molecule has 0 spiro atoms. The number of amides is 2. The lowest BCUT2D eigenvalue weighted by atomic mass is 9.94. The van der Waals surface area contributed by atoms with Gasteiger partial charge in [-0.15, -0.1) is 0 Å². The summed E-state index contributed by atoms with van der Waals surface area (Å²) in [6, 6.07) is 30.8. The highest BCUT2D eigenvalue weighted by Gasteiger charge is 2.35. The number of aryl methyl sites for hydroxylation is 2. The van der Waals surface area contributed by atoms with Crippen LogP contribution in [-0.4, -0.2) is 43.8 Å². The van der Waals surface area contributed by atoms with Crippen LogP contribution in [0.15, 0.2) is 108 Å². The lowest BCUT2D eigenvalue weighted by Gasteiger charge is -2.35. The Morgan fingerprint density at radius 1 is 0.755 bits per heavy atom. The minimum Gasteiger partial charge on any atom is -0.352 e. The van der Waals surface area contributed by atoms with E-state index in [1.807, 2.05) is 80.6 Å². The van der Waals surface area contributed by atoms with E-state index in [-0.39, 0.29) is 29.3 Å². The second-order valence-corrected chi connectivity index (χ2v) is 15.5. The van der Waals surface area contributed by atoms with E-state index in [1.165, 1.54) is 4.31 Å². The third-order valence-electron chi connectivity index (χ3n) is 9.43. The molecule has 0 aliphatic heterocycles. The second-order valence-electron chi connectivity index (χ2n) is 13.6. The van der Waals surface area contributed by atoms with Crippen LogP contribution < -0.4 is 9.62 Å². The van der Waals surface area contributed by atoms with Gasteiger partial charge in [0.1, 0.15) is 12.6 Å². The monoisotopic (exact) mass is 679 g/mol. The minimum absolute atomic E-state index is 0.0498. The van der Waals surface area contributed by atoms with E-state index in [2.05, 4.69) is 19.2 Å². The zero-order valence-corrected chi connectivity index (χ0v) is 30.0. The summed E-state index contributed by atoms with van der Waals surface area (Å²) >= 11 is 0. The Labute approximate surface area is 292 Å². The van der Waals surface area contributed by atoms with Crippen LogP contribution >= 0.6 is 0 Å². The molecule has 1 fully saturated rings. The molecule has 1 N–H and O–H groups in total. The number of carbonyl (C=O) groups excluding carboxylic acids is 2. The molecule has 5 rings (SSSR count). The number of hydrogen-bond acceptors (Lipinski definition) is 4. The lowest BCUT2D eigenvalue weighted by Crippen LogP contribution is -2.55. The molecule has 2 amide bonds. The first kappa shape index (κ1) is 35.9. The highest BCUT2D eigenvalue weighted by atomic mass is 32.2. The van der Waals surface area contributed by atoms with Crippen molar-refractivity contribution in [3.63, 3.8) is 0 Å². The Morgan fingerprint density at radius 3 is 1.94 bits per heavy atom. The number of hydrogen-bond donors (Lipinski definition) is 1. The molecule has 0 heterocycles. The molecule has 4 aromatic carbocycles. The van der Waals surface area contributed by atoms with E-state index >= 15 is 0 Å². The van der Waals surface area contributed by atoms with Crippen molar-refractivity contribution in [3.8, 4) is 0 Å². The summed E-state index contributed by atoms with van der Waals surface area (Å²) in [4.78, 5) is 30.7. The van der Waals surface area contributed by atoms with Gasteiger partial charge in [-0.1, -0.05) is 123 Å². The molecule has 0 unspecified atom stereocenters. The van der Waals surface area contributed by atoms with Gasteiger partial charge in [0.05, 0.1) is 10.6 Å². The van der Waals surface area contributed by atoms with Crippen LogP contribution in [0.5, 0.6) is 0 Å². The number of nitrogens with one attached hydrogen (secondary N) is 1. The van der Waals surface area contributed by atoms with E-state index in [9.17, 15) is 18.0 Å². The van der Waals surface area contributed by atoms with Gasteiger partial charge >= 0.3 is 0 Å². The van der Waals surface area contributed by atoms with Crippen LogP contribution in [0.1, 0.15) is 79.7 Å². The van der Waals surface area contributed by atoms with Crippen LogP contribution in [0.2, 0.25) is 0 Å². The fraction of sp³-hybridized carbons (Fsp3) is 0.366. The third-order valence-corrected chi connectivity index (χ3v) is 11.2. The summed E-state index contributed by atoms with van der Waals surface area (Å²) in [5.41, 5.74) is 5.24. The molecular weight excluding hydrogens is 631 g/mol. The van der Waals surface area contributed by atoms with E-state index in [0.29, 0.717) is 12.1 Å². The molecule has 1 atom stereocenters. The molecule has 4 aromatic rings. The average molecular weight is 680 g/mol. The summed E-state index contributed by atoms with van der Waals surface area (Å²) in [5, 5.41) is 3.27. The second kappa shape index (κ2) is 16.3. The molecular formula is C41H49N3O4S. The molecule has 1 saturated carbocycles. The van der Waals surface area contributed by atoms with E-state index in [1.54, 1.807) is 41.3 Å². The first-order valence-electron chi connectivity index (χ1n) is 17.4. The topological polar surface area (TPSA) is 86.8 Å². The van der Waals surface area contributed by atoms with Crippen LogP contribution in [0.25, 0.3) is 0 Å². The van der Waals surface area contributed by atoms with Gasteiger partial charge in [-0.2, -0.15) is 0 Å². The Morgan fingerprint density at radius 2 is 1.35 bits per heavy atom. The molecule has 1 aliphatic rings. The smallest absolute Gasteiger partial charge is 0.264 e. The summed E-state index contributed by atoms with van der Waals surface area (Å²) in [5.74, 6) is -0.418. The van der Waals surface area contributed by atoms with Gasteiger partial charge in [0.2, 0.25) is 11.8 Å². The van der Waals surface area contributed by atoms with Crippen molar-refractivity contribution in [1.29, 1.82) is 0 Å². The zero-order chi connectivity index (χ0) is 35.0. The van der Waals surface area contributed by atoms with Gasteiger partial charge in [-0.05, 0) is 73.6 Å². The fourth-order valence-corrected chi connectivity index (χ4v) is 7.79. The molecule has 0 aromatic heterocycles. The van der Waals surface area contributed by atoms with Crippen molar-refractivity contribution in [1.82, 2.24) is 10.2 Å². The molecule has 7 nitrogen and oxygen atoms in total. The number of rotatable bonds is 13. The molecule has 0 bridgehead atoms. The van der Waals surface area contributed by atoms with Crippen molar-refractivity contribution in [3.05, 3.63) is 131 Å². The Hall–Kier alpha value is -4.43. The number of nitrogens with zero attached hydrogens (tertiary/aromatic N) is 2. The first-order chi connectivity index (χ1) is 23.5. The summed E-state index contributed by atoms with van der Waals surface area (Å²) < 4.78 is 29.9. The maximum atomic E-state index is 14.8. The molecule has 0 saturated heterocycles. The van der Waals surface area contributed by atoms with Crippen molar-refractivity contribution in [2.75, 3.05) is 10.8 Å². The molecule has 0 radical (unpaired) electrons. The van der Waals surface area contributed by atoms with Gasteiger partial charge < -0.3 is 10.2 Å². The standard InChI is InChI=1S/C41H49N3O4S/c1-30(2)35-21-23-37(24-22-35)44(49(47,48)38-25-17-32(4)18-26-38)29-40(45)43(28-34-19-15-31(3)16-20-34)39(27-33-11-7-5-8-12-33)41(46)42-36-13-9-6-10-14-36/h5,7-8,11-12,15-26,30,36,39H,6,9-10,13-14,27-29H2,1-4H3,(H,42,46)/t39-/m1/s1. The predicted octanol–water partition coefficient (Wildman–Crippen LogP) is 7.71. The Bertz CT molecular complexity index is 1780. The first-order valence-corrected chi connectivity index (χ1v) is 18.8. The number of sulfonamides is 1. The SMILES string of the molecule is Cc1ccc(CN(C(=O)CN(c2ccc(C(C)C)cc2)S(=O)(=O)c2ccc(C)cc2)[C@H](Cc2ccccc2)C(=O)NC2CCCCC2)cc1. The quantitative estimate of drug-likeness (QED) is 0.157. The number of carbonyl (C=O) groups is 2. The number of anilines is 1. The fourth-order valence-electron chi connectivity index (χ4n) is 6.38. The van der Waals surface area contributed by atoms with Crippen molar-refractivity contribution in [2.45, 2.75) is 95.7 Å². The minimum atomic E-state index is -4.15. The molecule has 49 heavy (non-hydrogen) atoms. The highest BCUT2D eigenvalue weighted by Crippen LogP contribution is 2.28. The van der Waals surface area contributed by atoms with Gasteiger partial charge in [-0.25, -0.2) is 8.42 Å². The average Bonchev–Trinajstić information content (AvgIpc) is 3.10. The van der Waals surface area contributed by atoms with Gasteiger partial charge in [0.25, 0.3) is 10.0 Å². The van der Waals surface area contributed by atoms with Crippen LogP contribution in [0.3, 0.4) is 0 Å². The Balaban J connectivity index is 1.56. The van der Waals surface area contributed by atoms with E-state index in [0.717, 1.165) is 59.9 Å². The van der Waals surface area contributed by atoms with Gasteiger partial charge in [-0.3, -0.25) is 13.9 Å². The highest BCUT2D eigenvalue weighted by molar-refractivity contribution is 7.92. The van der Waals surface area contributed by atoms with Gasteiger partial charge in [0.15, 0.2) is 0 Å². The lowest BCUT2D eigenvalue weighted by molar-refractivity contribution is -0.140. The molecule has 8 heteroatoms. The normalized spacial score (nSPS) is 14.3. The van der Waals surface area contributed by atoms with Crippen LogP contribution in [-0.2, 0) is 32.6 Å². The molecule has 1 aliphatic carbocycles. The van der Waals surface area contributed by atoms with Crippen LogP contribution in [0, 0.1) is 13.8 Å². The largest absolute Gasteiger partial charge is 0.352 e. The van der Waals surface area contributed by atoms with Crippen molar-refractivity contribution in [2.24, 2.45) is 0 Å². The van der Waals surface area contributed by atoms with Crippen molar-refractivity contribution < 1.29 is 18.0 Å². The van der Waals surface area contributed by atoms with E-state index < -0.39 is 28.5 Å². The third kappa shape index (κ3) is 9.38. The molecule has 258 valence electrons. The van der Waals surface area contributed by atoms with E-state index in [4.69, 9.17) is 0 Å². The van der Waals surface area contributed by atoms with Crippen LogP contribution in [0.4, 0.5) is 5.69 Å². The zero-order valence-electron chi connectivity index (χ0n) is 29.1. The Kier molecular flexibility index (Phi) is 11.9. The summed E-state index contributed by atoms with van der Waals surface area (Å²) in [6.07, 6.45) is 5.38. The van der Waals surface area contributed by atoms with Crippen molar-refractivity contribution >= 4 is 27.5 Å². The predicted molar refractivity (Wildman–Crippen MR) is 197 cm³/mol. The number of benzene rings is 4.